The van der Waals surface area contributed by atoms with Gasteiger partial charge in [-0.3, -0.25) is 9.59 Å². The summed E-state index contributed by atoms with van der Waals surface area (Å²) in [6, 6.07) is 14.0. The average Bonchev–Trinajstić information content (AvgIpc) is 3.16. The Morgan fingerprint density at radius 3 is 2.46 bits per heavy atom. The highest BCUT2D eigenvalue weighted by molar-refractivity contribution is 6.30. The maximum absolute atomic E-state index is 12.1. The minimum Gasteiger partial charge on any atom is -0.376 e. The van der Waals surface area contributed by atoms with Gasteiger partial charge >= 0.3 is 0 Å². The summed E-state index contributed by atoms with van der Waals surface area (Å²) < 4.78 is 5.49. The fourth-order valence-corrected chi connectivity index (χ4v) is 2.94. The van der Waals surface area contributed by atoms with Crippen molar-refractivity contribution in [2.24, 2.45) is 0 Å². The van der Waals surface area contributed by atoms with Crippen molar-refractivity contribution in [3.05, 3.63) is 64.7 Å². The van der Waals surface area contributed by atoms with Gasteiger partial charge in [-0.25, -0.2) is 0 Å². The van der Waals surface area contributed by atoms with E-state index >= 15 is 0 Å². The summed E-state index contributed by atoms with van der Waals surface area (Å²) in [5, 5.41) is 6.34. The van der Waals surface area contributed by atoms with Crippen LogP contribution in [0.2, 0.25) is 5.02 Å². The number of benzene rings is 2. The topological polar surface area (TPSA) is 67.4 Å². The monoisotopic (exact) mass is 372 g/mol. The Labute approximate surface area is 157 Å². The maximum atomic E-state index is 12.1. The first-order chi connectivity index (χ1) is 12.6. The van der Waals surface area contributed by atoms with Gasteiger partial charge in [0.15, 0.2) is 0 Å². The molecular formula is C20H21ClN2O3. The molecule has 0 radical (unpaired) electrons. The summed E-state index contributed by atoms with van der Waals surface area (Å²) >= 11 is 5.84. The fourth-order valence-electron chi connectivity index (χ4n) is 2.81. The standard InChI is InChI=1S/C20H21ClN2O3/c21-16-7-3-14(4-8-16)12-19(24)23-17-9-5-15(6-10-17)20(25)22-13-18-2-1-11-26-18/h3-10,18H,1-2,11-13H2,(H,22,25)(H,23,24)/t18-/m0/s1. The molecule has 2 N–H and O–H groups in total. The van der Waals surface area contributed by atoms with Gasteiger partial charge in [0.05, 0.1) is 12.5 Å². The lowest BCUT2D eigenvalue weighted by atomic mass is 10.1. The van der Waals surface area contributed by atoms with Crippen LogP contribution < -0.4 is 10.6 Å². The molecule has 1 aliphatic rings. The molecule has 3 rings (SSSR count). The summed E-state index contributed by atoms with van der Waals surface area (Å²) in [7, 11) is 0. The van der Waals surface area contributed by atoms with Crippen molar-refractivity contribution in [3.8, 4) is 0 Å². The van der Waals surface area contributed by atoms with Gasteiger partial charge in [-0.1, -0.05) is 23.7 Å². The van der Waals surface area contributed by atoms with Crippen molar-refractivity contribution < 1.29 is 14.3 Å². The molecule has 0 aliphatic carbocycles. The van der Waals surface area contributed by atoms with E-state index in [0.717, 1.165) is 25.0 Å². The molecule has 0 spiro atoms. The van der Waals surface area contributed by atoms with E-state index in [-0.39, 0.29) is 24.3 Å². The molecule has 2 aromatic rings. The summed E-state index contributed by atoms with van der Waals surface area (Å²) in [6.45, 7) is 1.30. The lowest BCUT2D eigenvalue weighted by molar-refractivity contribution is -0.115. The number of nitrogens with one attached hydrogen (secondary N) is 2. The van der Waals surface area contributed by atoms with Crippen molar-refractivity contribution in [2.45, 2.75) is 25.4 Å². The van der Waals surface area contributed by atoms with Crippen LogP contribution in [-0.4, -0.2) is 31.1 Å². The van der Waals surface area contributed by atoms with E-state index < -0.39 is 0 Å². The van der Waals surface area contributed by atoms with Gasteiger partial charge in [-0.15, -0.1) is 0 Å². The SMILES string of the molecule is O=C(Cc1ccc(Cl)cc1)Nc1ccc(C(=O)NC[C@@H]2CCCO2)cc1. The number of hydrogen-bond acceptors (Lipinski definition) is 3. The Morgan fingerprint density at radius 1 is 1.08 bits per heavy atom. The molecule has 0 unspecified atom stereocenters. The molecule has 1 fully saturated rings. The zero-order chi connectivity index (χ0) is 18.4. The van der Waals surface area contributed by atoms with Gasteiger partial charge in [-0.05, 0) is 54.8 Å². The average molecular weight is 373 g/mol. The highest BCUT2D eigenvalue weighted by Crippen LogP contribution is 2.14. The van der Waals surface area contributed by atoms with Crippen LogP contribution in [-0.2, 0) is 16.0 Å². The van der Waals surface area contributed by atoms with Gasteiger partial charge in [0, 0.05) is 29.4 Å². The Morgan fingerprint density at radius 2 is 1.81 bits per heavy atom. The number of hydrogen-bond donors (Lipinski definition) is 2. The van der Waals surface area contributed by atoms with Gasteiger partial charge in [-0.2, -0.15) is 0 Å². The predicted molar refractivity (Wildman–Crippen MR) is 102 cm³/mol. The number of anilines is 1. The van der Waals surface area contributed by atoms with Crippen LogP contribution in [0.4, 0.5) is 5.69 Å². The lowest BCUT2D eigenvalue weighted by Crippen LogP contribution is -2.31. The molecule has 1 aliphatic heterocycles. The number of carbonyl (C=O) groups excluding carboxylic acids is 2. The van der Waals surface area contributed by atoms with Crippen LogP contribution in [0.5, 0.6) is 0 Å². The van der Waals surface area contributed by atoms with Gasteiger partial charge in [0.1, 0.15) is 0 Å². The second-order valence-electron chi connectivity index (χ2n) is 6.27. The quantitative estimate of drug-likeness (QED) is 0.816. The fraction of sp³-hybridized carbons (Fsp3) is 0.300. The molecule has 26 heavy (non-hydrogen) atoms. The van der Waals surface area contributed by atoms with Crippen LogP contribution in [0.3, 0.4) is 0 Å². The van der Waals surface area contributed by atoms with Crippen molar-refractivity contribution in [1.82, 2.24) is 5.32 Å². The molecule has 6 heteroatoms. The molecule has 136 valence electrons. The number of halogens is 1. The second kappa shape index (κ2) is 8.83. The third-order valence-electron chi connectivity index (χ3n) is 4.22. The van der Waals surface area contributed by atoms with E-state index in [1.165, 1.54) is 0 Å². The molecule has 5 nitrogen and oxygen atoms in total. The van der Waals surface area contributed by atoms with E-state index in [1.807, 2.05) is 12.1 Å². The van der Waals surface area contributed by atoms with Gasteiger partial charge in [0.2, 0.25) is 5.91 Å². The van der Waals surface area contributed by atoms with Crippen molar-refractivity contribution >= 4 is 29.1 Å². The van der Waals surface area contributed by atoms with Crippen molar-refractivity contribution in [3.63, 3.8) is 0 Å². The molecular weight excluding hydrogens is 352 g/mol. The van der Waals surface area contributed by atoms with Crippen molar-refractivity contribution in [2.75, 3.05) is 18.5 Å². The molecule has 1 atom stereocenters. The second-order valence-corrected chi connectivity index (χ2v) is 6.71. The largest absolute Gasteiger partial charge is 0.376 e. The molecule has 0 bridgehead atoms. The normalized spacial score (nSPS) is 16.3. The predicted octanol–water partition coefficient (Wildman–Crippen LogP) is 3.43. The maximum Gasteiger partial charge on any atom is 0.251 e. The summed E-state index contributed by atoms with van der Waals surface area (Å²) in [6.07, 6.45) is 2.41. The van der Waals surface area contributed by atoms with Gasteiger partial charge < -0.3 is 15.4 Å². The molecule has 0 aromatic heterocycles. The minimum atomic E-state index is -0.139. The number of ether oxygens (including phenoxy) is 1. The third kappa shape index (κ3) is 5.31. The van der Waals surface area contributed by atoms with E-state index in [0.29, 0.717) is 22.8 Å². The first-order valence-corrected chi connectivity index (χ1v) is 9.02. The number of rotatable bonds is 6. The van der Waals surface area contributed by atoms with Gasteiger partial charge in [0.25, 0.3) is 5.91 Å². The van der Waals surface area contributed by atoms with Crippen LogP contribution >= 0.6 is 11.6 Å². The summed E-state index contributed by atoms with van der Waals surface area (Å²) in [5.74, 6) is -0.262. The summed E-state index contributed by atoms with van der Waals surface area (Å²) in [4.78, 5) is 24.2. The smallest absolute Gasteiger partial charge is 0.251 e. The van der Waals surface area contributed by atoms with E-state index in [4.69, 9.17) is 16.3 Å². The molecule has 2 aromatic carbocycles. The van der Waals surface area contributed by atoms with E-state index in [2.05, 4.69) is 10.6 Å². The van der Waals surface area contributed by atoms with Crippen LogP contribution in [0.15, 0.2) is 48.5 Å². The Bertz CT molecular complexity index is 754. The van der Waals surface area contributed by atoms with Crippen LogP contribution in [0.1, 0.15) is 28.8 Å². The molecule has 2 amide bonds. The zero-order valence-corrected chi connectivity index (χ0v) is 15.1. The van der Waals surface area contributed by atoms with E-state index in [1.54, 1.807) is 36.4 Å². The Kier molecular flexibility index (Phi) is 6.26. The number of carbonyl (C=O) groups is 2. The first kappa shape index (κ1) is 18.4. The molecule has 1 saturated heterocycles. The molecule has 0 saturated carbocycles. The minimum absolute atomic E-state index is 0.116. The highest BCUT2D eigenvalue weighted by atomic mass is 35.5. The Balaban J connectivity index is 1.49. The third-order valence-corrected chi connectivity index (χ3v) is 4.48. The highest BCUT2D eigenvalue weighted by Gasteiger charge is 2.16. The Hall–Kier alpha value is -2.37. The zero-order valence-electron chi connectivity index (χ0n) is 14.3. The van der Waals surface area contributed by atoms with Crippen LogP contribution in [0, 0.1) is 0 Å². The van der Waals surface area contributed by atoms with Crippen molar-refractivity contribution in [1.29, 1.82) is 0 Å². The van der Waals surface area contributed by atoms with E-state index in [9.17, 15) is 9.59 Å². The van der Waals surface area contributed by atoms with Crippen LogP contribution in [0.25, 0.3) is 0 Å². The summed E-state index contributed by atoms with van der Waals surface area (Å²) in [5.41, 5.74) is 2.09. The number of amides is 2. The molecule has 1 heterocycles. The first-order valence-electron chi connectivity index (χ1n) is 8.64. The lowest BCUT2D eigenvalue weighted by Gasteiger charge is -2.11.